The molecule has 6 heteroatoms. The Kier molecular flexibility index (Phi) is 5.37. The van der Waals surface area contributed by atoms with E-state index >= 15 is 0 Å². The molecule has 2 aliphatic rings. The molecule has 0 spiro atoms. The zero-order chi connectivity index (χ0) is 14.5. The number of likely N-dealkylation sites (tertiary alicyclic amines) is 1. The van der Waals surface area contributed by atoms with E-state index in [-0.39, 0.29) is 23.9 Å². The first-order chi connectivity index (χ1) is 9.58. The molecule has 0 aromatic rings. The van der Waals surface area contributed by atoms with Crippen LogP contribution in [0.5, 0.6) is 0 Å². The summed E-state index contributed by atoms with van der Waals surface area (Å²) in [6.07, 6.45) is 2.01. The van der Waals surface area contributed by atoms with Gasteiger partial charge in [-0.3, -0.25) is 14.5 Å². The molecular weight excluding hydrogens is 258 g/mol. The lowest BCUT2D eigenvalue weighted by Gasteiger charge is -2.38. The van der Waals surface area contributed by atoms with Gasteiger partial charge in [-0.1, -0.05) is 0 Å². The molecule has 2 aliphatic heterocycles. The summed E-state index contributed by atoms with van der Waals surface area (Å²) in [5.74, 6) is 0.181. The van der Waals surface area contributed by atoms with Crippen LogP contribution in [0, 0.1) is 0 Å². The van der Waals surface area contributed by atoms with Gasteiger partial charge >= 0.3 is 0 Å². The van der Waals surface area contributed by atoms with Crippen LogP contribution in [0.4, 0.5) is 0 Å². The molecule has 2 fully saturated rings. The molecule has 2 rings (SSSR count). The fourth-order valence-corrected chi connectivity index (χ4v) is 2.97. The van der Waals surface area contributed by atoms with Crippen LogP contribution in [-0.4, -0.2) is 73.1 Å². The molecule has 0 saturated carbocycles. The van der Waals surface area contributed by atoms with Crippen LogP contribution in [0.15, 0.2) is 0 Å². The summed E-state index contributed by atoms with van der Waals surface area (Å²) >= 11 is 0. The molecule has 2 amide bonds. The summed E-state index contributed by atoms with van der Waals surface area (Å²) < 4.78 is 5.28. The Balaban J connectivity index is 1.88. The van der Waals surface area contributed by atoms with Crippen molar-refractivity contribution in [1.82, 2.24) is 15.1 Å². The quantitative estimate of drug-likeness (QED) is 0.781. The highest BCUT2D eigenvalue weighted by atomic mass is 16.5. The topological polar surface area (TPSA) is 61.9 Å². The minimum atomic E-state index is -0.121. The van der Waals surface area contributed by atoms with Crippen molar-refractivity contribution < 1.29 is 14.3 Å². The fourth-order valence-electron chi connectivity index (χ4n) is 2.97. The summed E-state index contributed by atoms with van der Waals surface area (Å²) in [6, 6.07) is 0.0471. The van der Waals surface area contributed by atoms with Gasteiger partial charge < -0.3 is 15.0 Å². The lowest BCUT2D eigenvalue weighted by molar-refractivity contribution is -0.141. The van der Waals surface area contributed by atoms with E-state index in [4.69, 9.17) is 4.74 Å². The predicted molar refractivity (Wildman–Crippen MR) is 75.3 cm³/mol. The number of nitrogens with one attached hydrogen (secondary N) is 1. The molecular formula is C14H25N3O3. The zero-order valence-electron chi connectivity index (χ0n) is 12.4. The lowest BCUT2D eigenvalue weighted by atomic mass is 10.0. The molecule has 0 aliphatic carbocycles. The van der Waals surface area contributed by atoms with Crippen LogP contribution in [0.3, 0.4) is 0 Å². The van der Waals surface area contributed by atoms with Gasteiger partial charge in [-0.25, -0.2) is 0 Å². The van der Waals surface area contributed by atoms with Crippen molar-refractivity contribution >= 4 is 11.8 Å². The molecule has 2 saturated heterocycles. The highest BCUT2D eigenvalue weighted by Crippen LogP contribution is 2.15. The van der Waals surface area contributed by atoms with E-state index in [0.717, 1.165) is 25.9 Å². The lowest BCUT2D eigenvalue weighted by Crippen LogP contribution is -2.55. The highest BCUT2D eigenvalue weighted by Gasteiger charge is 2.30. The van der Waals surface area contributed by atoms with Crippen LogP contribution in [0.25, 0.3) is 0 Å². The molecule has 0 radical (unpaired) electrons. The highest BCUT2D eigenvalue weighted by molar-refractivity contribution is 5.81. The van der Waals surface area contributed by atoms with Crippen molar-refractivity contribution in [2.75, 3.05) is 39.4 Å². The third-order valence-electron chi connectivity index (χ3n) is 4.09. The van der Waals surface area contributed by atoms with E-state index in [1.807, 2.05) is 11.8 Å². The van der Waals surface area contributed by atoms with Gasteiger partial charge in [0.1, 0.15) is 0 Å². The standard InChI is InChI=1S/C14H25N3O3/c1-11(14(19)16-6-8-20-9-7-16)17-5-3-4-13(10-17)15-12(2)18/h11,13H,3-10H2,1-2H3,(H,15,18)/t11-,13+/m0/s1. The average Bonchev–Trinajstić information content (AvgIpc) is 2.46. The fraction of sp³-hybridized carbons (Fsp3) is 0.857. The predicted octanol–water partition coefficient (Wildman–Crippen LogP) is -0.166. The number of morpholine rings is 1. The molecule has 0 aromatic carbocycles. The first-order valence-corrected chi connectivity index (χ1v) is 7.45. The summed E-state index contributed by atoms with van der Waals surface area (Å²) in [7, 11) is 0. The third-order valence-corrected chi connectivity index (χ3v) is 4.09. The normalized spacial score (nSPS) is 26.1. The van der Waals surface area contributed by atoms with Gasteiger partial charge in [-0.05, 0) is 26.3 Å². The Morgan fingerprint density at radius 2 is 1.95 bits per heavy atom. The minimum absolute atomic E-state index is 0.00371. The van der Waals surface area contributed by atoms with Gasteiger partial charge in [-0.15, -0.1) is 0 Å². The molecule has 20 heavy (non-hydrogen) atoms. The second-order valence-electron chi connectivity index (χ2n) is 5.65. The third kappa shape index (κ3) is 3.93. The van der Waals surface area contributed by atoms with E-state index in [2.05, 4.69) is 10.2 Å². The maximum absolute atomic E-state index is 12.5. The van der Waals surface area contributed by atoms with Crippen molar-refractivity contribution in [3.8, 4) is 0 Å². The van der Waals surface area contributed by atoms with Gasteiger partial charge in [0.2, 0.25) is 11.8 Å². The van der Waals surface area contributed by atoms with Crippen molar-refractivity contribution in [2.45, 2.75) is 38.8 Å². The molecule has 0 unspecified atom stereocenters. The summed E-state index contributed by atoms with van der Waals surface area (Å²) in [4.78, 5) is 27.7. The number of hydrogen-bond donors (Lipinski definition) is 1. The van der Waals surface area contributed by atoms with Crippen LogP contribution < -0.4 is 5.32 Å². The zero-order valence-corrected chi connectivity index (χ0v) is 12.4. The summed E-state index contributed by atoms with van der Waals surface area (Å²) in [5, 5.41) is 2.96. The number of rotatable bonds is 3. The van der Waals surface area contributed by atoms with Crippen LogP contribution in [0.2, 0.25) is 0 Å². The van der Waals surface area contributed by atoms with Gasteiger partial charge in [0.05, 0.1) is 19.3 Å². The van der Waals surface area contributed by atoms with Crippen molar-refractivity contribution in [3.63, 3.8) is 0 Å². The van der Waals surface area contributed by atoms with Crippen molar-refractivity contribution in [2.24, 2.45) is 0 Å². The number of carbonyl (C=O) groups excluding carboxylic acids is 2. The molecule has 6 nitrogen and oxygen atoms in total. The van der Waals surface area contributed by atoms with E-state index in [0.29, 0.717) is 26.3 Å². The van der Waals surface area contributed by atoms with Gasteiger partial charge in [0, 0.05) is 32.6 Å². The molecule has 0 bridgehead atoms. The maximum Gasteiger partial charge on any atom is 0.239 e. The number of nitrogens with zero attached hydrogens (tertiary/aromatic N) is 2. The van der Waals surface area contributed by atoms with E-state index in [1.165, 1.54) is 0 Å². The number of carbonyl (C=O) groups is 2. The number of hydrogen-bond acceptors (Lipinski definition) is 4. The number of ether oxygens (including phenoxy) is 1. The molecule has 1 N–H and O–H groups in total. The minimum Gasteiger partial charge on any atom is -0.378 e. The maximum atomic E-state index is 12.5. The first kappa shape index (κ1) is 15.3. The summed E-state index contributed by atoms with van der Waals surface area (Å²) in [6.45, 7) is 7.83. The van der Waals surface area contributed by atoms with Crippen molar-refractivity contribution in [1.29, 1.82) is 0 Å². The summed E-state index contributed by atoms with van der Waals surface area (Å²) in [5.41, 5.74) is 0. The Labute approximate surface area is 120 Å². The van der Waals surface area contributed by atoms with Gasteiger partial charge in [0.25, 0.3) is 0 Å². The Bertz CT molecular complexity index is 356. The Hall–Kier alpha value is -1.14. The largest absolute Gasteiger partial charge is 0.378 e. The molecule has 2 heterocycles. The second kappa shape index (κ2) is 7.04. The number of amides is 2. The van der Waals surface area contributed by atoms with E-state index < -0.39 is 0 Å². The van der Waals surface area contributed by atoms with Crippen molar-refractivity contribution in [3.05, 3.63) is 0 Å². The van der Waals surface area contributed by atoms with Crippen LogP contribution in [0.1, 0.15) is 26.7 Å². The molecule has 114 valence electrons. The number of piperidine rings is 1. The van der Waals surface area contributed by atoms with E-state index in [9.17, 15) is 9.59 Å². The van der Waals surface area contributed by atoms with E-state index in [1.54, 1.807) is 6.92 Å². The van der Waals surface area contributed by atoms with Crippen LogP contribution >= 0.6 is 0 Å². The SMILES string of the molecule is CC(=O)N[C@@H]1CCCN([C@@H](C)C(=O)N2CCOCC2)C1. The monoisotopic (exact) mass is 283 g/mol. The first-order valence-electron chi connectivity index (χ1n) is 7.45. The van der Waals surface area contributed by atoms with Gasteiger partial charge in [0.15, 0.2) is 0 Å². The van der Waals surface area contributed by atoms with Gasteiger partial charge in [-0.2, -0.15) is 0 Å². The Morgan fingerprint density at radius 1 is 1.25 bits per heavy atom. The Morgan fingerprint density at radius 3 is 2.60 bits per heavy atom. The average molecular weight is 283 g/mol. The second-order valence-corrected chi connectivity index (χ2v) is 5.65. The van der Waals surface area contributed by atoms with Crippen LogP contribution in [-0.2, 0) is 14.3 Å². The smallest absolute Gasteiger partial charge is 0.239 e. The molecule has 0 aromatic heterocycles. The molecule has 2 atom stereocenters.